The fourth-order valence-electron chi connectivity index (χ4n) is 1.56. The molecule has 0 bridgehead atoms. The minimum Gasteiger partial charge on any atom is -0.298 e. The van der Waals surface area contributed by atoms with Gasteiger partial charge < -0.3 is 0 Å². The van der Waals surface area contributed by atoms with Gasteiger partial charge in [0.1, 0.15) is 0 Å². The van der Waals surface area contributed by atoms with Gasteiger partial charge in [0, 0.05) is 5.54 Å². The van der Waals surface area contributed by atoms with Gasteiger partial charge in [-0.3, -0.25) is 4.90 Å². The summed E-state index contributed by atoms with van der Waals surface area (Å²) in [6.45, 7) is 9.53. The minimum absolute atomic E-state index is 0.250. The van der Waals surface area contributed by atoms with E-state index in [9.17, 15) is 0 Å². The highest BCUT2D eigenvalue weighted by molar-refractivity contribution is 5.20. The Balaban J connectivity index is 0.000000424. The first-order valence-electron chi connectivity index (χ1n) is 4.76. The first kappa shape index (κ1) is 12.3. The number of hydrogen-bond acceptors (Lipinski definition) is 3. The quantitative estimate of drug-likeness (QED) is 0.576. The number of piperidine rings is 1. The van der Waals surface area contributed by atoms with Crippen molar-refractivity contribution in [3.63, 3.8) is 0 Å². The summed E-state index contributed by atoms with van der Waals surface area (Å²) in [6, 6.07) is 0. The molecule has 0 radical (unpaired) electrons. The van der Waals surface area contributed by atoms with E-state index in [1.54, 1.807) is 0 Å². The summed E-state index contributed by atoms with van der Waals surface area (Å²) in [5.74, 6) is 0. The Hall–Kier alpha value is -0.660. The van der Waals surface area contributed by atoms with Crippen LogP contribution in [-0.4, -0.2) is 29.7 Å². The third-order valence-electron chi connectivity index (χ3n) is 2.30. The maximum Gasteiger partial charge on any atom is 0.373 e. The van der Waals surface area contributed by atoms with Gasteiger partial charge in [-0.25, -0.2) is 0 Å². The maximum atomic E-state index is 8.12. The molecule has 0 saturated carbocycles. The summed E-state index contributed by atoms with van der Waals surface area (Å²) < 4.78 is 0. The van der Waals surface area contributed by atoms with E-state index in [1.807, 2.05) is 0 Å². The summed E-state index contributed by atoms with van der Waals surface area (Å²) in [6.07, 6.45) is 4.49. The Labute approximate surface area is 80.1 Å². The van der Waals surface area contributed by atoms with E-state index in [0.29, 0.717) is 5.54 Å². The van der Waals surface area contributed by atoms with Crippen molar-refractivity contribution in [3.05, 3.63) is 0 Å². The van der Waals surface area contributed by atoms with Crippen molar-refractivity contribution in [2.45, 2.75) is 45.6 Å². The normalized spacial score (nSPS) is 18.4. The summed E-state index contributed by atoms with van der Waals surface area (Å²) in [5.41, 5.74) is 0.403. The lowest BCUT2D eigenvalue weighted by molar-refractivity contribution is -0.191. The van der Waals surface area contributed by atoms with E-state index in [2.05, 4.69) is 25.7 Å². The van der Waals surface area contributed by atoms with Crippen LogP contribution in [0.5, 0.6) is 0 Å². The van der Waals surface area contributed by atoms with Crippen LogP contribution >= 0.6 is 0 Å². The van der Waals surface area contributed by atoms with Gasteiger partial charge in [-0.2, -0.15) is 9.59 Å². The van der Waals surface area contributed by atoms with Crippen LogP contribution in [0.1, 0.15) is 40.0 Å². The topological polar surface area (TPSA) is 37.4 Å². The van der Waals surface area contributed by atoms with Gasteiger partial charge in [0.05, 0.1) is 0 Å². The van der Waals surface area contributed by atoms with E-state index in [4.69, 9.17) is 9.59 Å². The molecular formula is C10H19NO2. The molecule has 1 aliphatic heterocycles. The predicted molar refractivity (Wildman–Crippen MR) is 50.2 cm³/mol. The Kier molecular flexibility index (Phi) is 5.60. The Morgan fingerprint density at radius 3 is 1.62 bits per heavy atom. The van der Waals surface area contributed by atoms with Crippen molar-refractivity contribution in [2.24, 2.45) is 0 Å². The zero-order valence-corrected chi connectivity index (χ0v) is 8.80. The summed E-state index contributed by atoms with van der Waals surface area (Å²) in [7, 11) is 0. The standard InChI is InChI=1S/C9H19N.CO2/c1-9(2,3)10-7-5-4-6-8-10;2-1-3/h4-8H2,1-3H3;. The SMILES string of the molecule is CC(C)(C)N1CCCCC1.O=C=O. The molecule has 0 N–H and O–H groups in total. The molecule has 0 aromatic rings. The summed E-state index contributed by atoms with van der Waals surface area (Å²) in [5, 5.41) is 0. The van der Waals surface area contributed by atoms with Crippen LogP contribution < -0.4 is 0 Å². The van der Waals surface area contributed by atoms with Crippen molar-refractivity contribution in [3.8, 4) is 0 Å². The molecule has 0 aliphatic carbocycles. The fraction of sp³-hybridized carbons (Fsp3) is 0.900. The number of rotatable bonds is 0. The van der Waals surface area contributed by atoms with Crippen LogP contribution in [0.3, 0.4) is 0 Å². The maximum absolute atomic E-state index is 8.12. The van der Waals surface area contributed by atoms with Gasteiger partial charge in [0.15, 0.2) is 0 Å². The van der Waals surface area contributed by atoms with Crippen LogP contribution in [0.15, 0.2) is 0 Å². The molecule has 0 amide bonds. The van der Waals surface area contributed by atoms with Gasteiger partial charge in [0.25, 0.3) is 0 Å². The van der Waals surface area contributed by atoms with Gasteiger partial charge >= 0.3 is 6.15 Å². The molecule has 3 heteroatoms. The van der Waals surface area contributed by atoms with Gasteiger partial charge in [0.2, 0.25) is 0 Å². The smallest absolute Gasteiger partial charge is 0.298 e. The summed E-state index contributed by atoms with van der Waals surface area (Å²) >= 11 is 0. The number of nitrogens with zero attached hydrogens (tertiary/aromatic N) is 1. The lowest BCUT2D eigenvalue weighted by Crippen LogP contribution is -2.44. The largest absolute Gasteiger partial charge is 0.373 e. The second-order valence-corrected chi connectivity index (χ2v) is 4.30. The molecule has 1 saturated heterocycles. The van der Waals surface area contributed by atoms with Crippen LogP contribution in [0.2, 0.25) is 0 Å². The van der Waals surface area contributed by atoms with E-state index in [1.165, 1.54) is 32.4 Å². The highest BCUT2D eigenvalue weighted by Crippen LogP contribution is 2.18. The van der Waals surface area contributed by atoms with Crippen LogP contribution in [0, 0.1) is 0 Å². The van der Waals surface area contributed by atoms with Gasteiger partial charge in [-0.15, -0.1) is 0 Å². The van der Waals surface area contributed by atoms with Crippen molar-refractivity contribution in [1.82, 2.24) is 4.90 Å². The van der Waals surface area contributed by atoms with E-state index >= 15 is 0 Å². The van der Waals surface area contributed by atoms with Crippen molar-refractivity contribution < 1.29 is 9.59 Å². The average Bonchev–Trinajstić information content (AvgIpc) is 2.06. The van der Waals surface area contributed by atoms with Crippen molar-refractivity contribution >= 4 is 6.15 Å². The molecule has 0 unspecified atom stereocenters. The molecular weight excluding hydrogens is 166 g/mol. The lowest BCUT2D eigenvalue weighted by Gasteiger charge is -2.38. The molecule has 76 valence electrons. The molecule has 3 nitrogen and oxygen atoms in total. The third kappa shape index (κ3) is 5.56. The molecule has 0 atom stereocenters. The molecule has 1 aliphatic rings. The molecule has 0 spiro atoms. The highest BCUT2D eigenvalue weighted by atomic mass is 16.2. The van der Waals surface area contributed by atoms with E-state index in [0.717, 1.165) is 0 Å². The average molecular weight is 185 g/mol. The van der Waals surface area contributed by atoms with Crippen LogP contribution in [0.4, 0.5) is 0 Å². The molecule has 1 fully saturated rings. The molecule has 13 heavy (non-hydrogen) atoms. The molecule has 0 aromatic carbocycles. The minimum atomic E-state index is 0.250. The van der Waals surface area contributed by atoms with Crippen molar-refractivity contribution in [1.29, 1.82) is 0 Å². The second kappa shape index (κ2) is 5.90. The lowest BCUT2D eigenvalue weighted by atomic mass is 10.0. The molecule has 1 heterocycles. The first-order valence-corrected chi connectivity index (χ1v) is 4.76. The Morgan fingerprint density at radius 2 is 1.38 bits per heavy atom. The summed E-state index contributed by atoms with van der Waals surface area (Å²) in [4.78, 5) is 18.8. The number of hydrogen-bond donors (Lipinski definition) is 0. The first-order chi connectivity index (χ1) is 6.02. The Morgan fingerprint density at radius 1 is 1.00 bits per heavy atom. The van der Waals surface area contributed by atoms with Crippen molar-refractivity contribution in [2.75, 3.05) is 13.1 Å². The van der Waals surface area contributed by atoms with E-state index < -0.39 is 0 Å². The fourth-order valence-corrected chi connectivity index (χ4v) is 1.56. The highest BCUT2D eigenvalue weighted by Gasteiger charge is 2.21. The number of carbonyl (C=O) groups excluding carboxylic acids is 2. The number of likely N-dealkylation sites (tertiary alicyclic amines) is 1. The predicted octanol–water partition coefficient (Wildman–Crippen LogP) is 1.69. The third-order valence-corrected chi connectivity index (χ3v) is 2.30. The Bertz CT molecular complexity index is 160. The monoisotopic (exact) mass is 185 g/mol. The molecule has 1 rings (SSSR count). The van der Waals surface area contributed by atoms with Crippen LogP contribution in [-0.2, 0) is 9.59 Å². The zero-order chi connectivity index (χ0) is 10.3. The zero-order valence-electron chi connectivity index (χ0n) is 8.80. The second-order valence-electron chi connectivity index (χ2n) is 4.30. The molecule has 0 aromatic heterocycles. The van der Waals surface area contributed by atoms with Gasteiger partial charge in [-0.1, -0.05) is 6.42 Å². The van der Waals surface area contributed by atoms with Crippen LogP contribution in [0.25, 0.3) is 0 Å². The van der Waals surface area contributed by atoms with E-state index in [-0.39, 0.29) is 6.15 Å². The van der Waals surface area contributed by atoms with Gasteiger partial charge in [-0.05, 0) is 46.7 Å².